The van der Waals surface area contributed by atoms with E-state index in [2.05, 4.69) is 0 Å². The van der Waals surface area contributed by atoms with Crippen LogP contribution in [0.5, 0.6) is 0 Å². The van der Waals surface area contributed by atoms with E-state index in [9.17, 15) is 18.8 Å². The normalized spacial score (nSPS) is 14.3. The lowest BCUT2D eigenvalue weighted by Crippen LogP contribution is -2.52. The molecular weight excluding hydrogens is 423 g/mol. The van der Waals surface area contributed by atoms with Crippen LogP contribution in [0.1, 0.15) is 16.8 Å². The number of hydrogen-bond donors (Lipinski definition) is 1. The van der Waals surface area contributed by atoms with Crippen molar-refractivity contribution in [2.45, 2.75) is 6.42 Å². The first-order valence-corrected chi connectivity index (χ1v) is 10.3. The summed E-state index contributed by atoms with van der Waals surface area (Å²) >= 11 is 6.01. The lowest BCUT2D eigenvalue weighted by Gasteiger charge is -2.35. The molecule has 2 N–H and O–H groups in total. The Kier molecular flexibility index (Phi) is 7.59. The average molecular weight is 447 g/mol. The maximum atomic E-state index is 13.2. The fraction of sp³-hybridized carbons (Fsp3) is 0.318. The third-order valence-corrected chi connectivity index (χ3v) is 5.44. The SMILES string of the molecule is NC(=O)CCN(C(=O)CN1CCN(C(=O)c2ccc(F)cc2Cl)CC1)c1ccccc1. The molecule has 7 nitrogen and oxygen atoms in total. The molecule has 164 valence electrons. The summed E-state index contributed by atoms with van der Waals surface area (Å²) in [7, 11) is 0. The molecular formula is C22H24ClFN4O3. The second-order valence-corrected chi connectivity index (χ2v) is 7.70. The van der Waals surface area contributed by atoms with E-state index in [1.165, 1.54) is 12.1 Å². The van der Waals surface area contributed by atoms with E-state index in [1.54, 1.807) is 9.80 Å². The fourth-order valence-corrected chi connectivity index (χ4v) is 3.69. The monoisotopic (exact) mass is 446 g/mol. The summed E-state index contributed by atoms with van der Waals surface area (Å²) in [6.07, 6.45) is 0.0708. The van der Waals surface area contributed by atoms with Gasteiger partial charge in [-0.1, -0.05) is 29.8 Å². The van der Waals surface area contributed by atoms with Crippen LogP contribution in [0, 0.1) is 5.82 Å². The molecule has 3 rings (SSSR count). The number of anilines is 1. The summed E-state index contributed by atoms with van der Waals surface area (Å²) in [6.45, 7) is 2.23. The van der Waals surface area contributed by atoms with Gasteiger partial charge in [0.2, 0.25) is 11.8 Å². The molecule has 31 heavy (non-hydrogen) atoms. The molecule has 9 heteroatoms. The molecule has 0 bridgehead atoms. The Hall–Kier alpha value is -2.97. The van der Waals surface area contributed by atoms with Crippen LogP contribution in [0.25, 0.3) is 0 Å². The van der Waals surface area contributed by atoms with Gasteiger partial charge in [0.1, 0.15) is 5.82 Å². The van der Waals surface area contributed by atoms with E-state index in [-0.39, 0.29) is 41.9 Å². The van der Waals surface area contributed by atoms with Crippen LogP contribution in [0.15, 0.2) is 48.5 Å². The predicted octanol–water partition coefficient (Wildman–Crippen LogP) is 2.15. The summed E-state index contributed by atoms with van der Waals surface area (Å²) in [5, 5.41) is 0.0792. The predicted molar refractivity (Wildman–Crippen MR) is 116 cm³/mol. The average Bonchev–Trinajstić information content (AvgIpc) is 2.74. The van der Waals surface area contributed by atoms with Gasteiger partial charge in [0.15, 0.2) is 0 Å². The molecule has 0 aromatic heterocycles. The van der Waals surface area contributed by atoms with Gasteiger partial charge in [0.25, 0.3) is 5.91 Å². The van der Waals surface area contributed by atoms with Gasteiger partial charge >= 0.3 is 0 Å². The van der Waals surface area contributed by atoms with Crippen molar-refractivity contribution in [1.29, 1.82) is 0 Å². The van der Waals surface area contributed by atoms with Crippen LogP contribution in [0.3, 0.4) is 0 Å². The number of nitrogens with two attached hydrogens (primary N) is 1. The van der Waals surface area contributed by atoms with Crippen molar-refractivity contribution in [1.82, 2.24) is 9.80 Å². The van der Waals surface area contributed by atoms with E-state index >= 15 is 0 Å². The summed E-state index contributed by atoms with van der Waals surface area (Å²) < 4.78 is 13.2. The summed E-state index contributed by atoms with van der Waals surface area (Å²) in [5.41, 5.74) is 6.22. The molecule has 3 amide bonds. The maximum absolute atomic E-state index is 13.2. The lowest BCUT2D eigenvalue weighted by molar-refractivity contribution is -0.120. The van der Waals surface area contributed by atoms with Gasteiger partial charge in [-0.15, -0.1) is 0 Å². The quantitative estimate of drug-likeness (QED) is 0.706. The lowest BCUT2D eigenvalue weighted by atomic mass is 10.1. The Morgan fingerprint density at radius 1 is 1.03 bits per heavy atom. The highest BCUT2D eigenvalue weighted by molar-refractivity contribution is 6.33. The van der Waals surface area contributed by atoms with E-state index in [4.69, 9.17) is 17.3 Å². The fourth-order valence-electron chi connectivity index (χ4n) is 3.45. The third-order valence-electron chi connectivity index (χ3n) is 5.13. The molecule has 1 heterocycles. The van der Waals surface area contributed by atoms with Crippen molar-refractivity contribution in [2.75, 3.05) is 44.2 Å². The van der Waals surface area contributed by atoms with Crippen LogP contribution in [0.4, 0.5) is 10.1 Å². The van der Waals surface area contributed by atoms with E-state index in [0.29, 0.717) is 31.9 Å². The number of carbonyl (C=O) groups excluding carboxylic acids is 3. The van der Waals surface area contributed by atoms with Gasteiger partial charge in [-0.05, 0) is 30.3 Å². The van der Waals surface area contributed by atoms with Crippen LogP contribution in [-0.4, -0.2) is 66.8 Å². The second kappa shape index (κ2) is 10.4. The van der Waals surface area contributed by atoms with E-state index in [0.717, 1.165) is 6.07 Å². The Labute approximate surface area is 185 Å². The van der Waals surface area contributed by atoms with Gasteiger partial charge in [0, 0.05) is 44.8 Å². The number of primary amides is 1. The molecule has 1 aliphatic heterocycles. The first kappa shape index (κ1) is 22.7. The summed E-state index contributed by atoms with van der Waals surface area (Å²) in [6, 6.07) is 12.8. The van der Waals surface area contributed by atoms with Crippen molar-refractivity contribution in [3.8, 4) is 0 Å². The molecule has 2 aromatic rings. The zero-order valence-corrected chi connectivity index (χ0v) is 17.7. The largest absolute Gasteiger partial charge is 0.370 e. The Balaban J connectivity index is 1.59. The Bertz CT molecular complexity index is 949. The third kappa shape index (κ3) is 6.02. The van der Waals surface area contributed by atoms with Crippen LogP contribution in [-0.2, 0) is 9.59 Å². The number of piperazine rings is 1. The topological polar surface area (TPSA) is 86.9 Å². The number of hydrogen-bond acceptors (Lipinski definition) is 4. The van der Waals surface area contributed by atoms with Crippen molar-refractivity contribution in [3.63, 3.8) is 0 Å². The van der Waals surface area contributed by atoms with Crippen LogP contribution >= 0.6 is 11.6 Å². The first-order valence-electron chi connectivity index (χ1n) is 9.95. The number of halogens is 2. The Morgan fingerprint density at radius 2 is 1.71 bits per heavy atom. The number of rotatable bonds is 7. The van der Waals surface area contributed by atoms with Gasteiger partial charge in [0.05, 0.1) is 17.1 Å². The van der Waals surface area contributed by atoms with Crippen molar-refractivity contribution < 1.29 is 18.8 Å². The van der Waals surface area contributed by atoms with E-state index < -0.39 is 11.7 Å². The highest BCUT2D eigenvalue weighted by Crippen LogP contribution is 2.20. The molecule has 0 spiro atoms. The molecule has 1 aliphatic rings. The number of nitrogens with zero attached hydrogens (tertiary/aromatic N) is 3. The second-order valence-electron chi connectivity index (χ2n) is 7.29. The minimum atomic E-state index is -0.496. The number of carbonyl (C=O) groups is 3. The van der Waals surface area contributed by atoms with Gasteiger partial charge in [-0.2, -0.15) is 0 Å². The molecule has 1 saturated heterocycles. The molecule has 0 unspecified atom stereocenters. The van der Waals surface area contributed by atoms with Crippen molar-refractivity contribution in [2.24, 2.45) is 5.73 Å². The van der Waals surface area contributed by atoms with Gasteiger partial charge in [-0.25, -0.2) is 4.39 Å². The molecule has 0 radical (unpaired) electrons. The van der Waals surface area contributed by atoms with Crippen molar-refractivity contribution in [3.05, 3.63) is 64.9 Å². The number of benzene rings is 2. The first-order chi connectivity index (χ1) is 14.8. The molecule has 0 atom stereocenters. The summed E-state index contributed by atoms with van der Waals surface area (Å²) in [4.78, 5) is 42.0. The number of amides is 3. The maximum Gasteiger partial charge on any atom is 0.255 e. The highest BCUT2D eigenvalue weighted by Gasteiger charge is 2.26. The number of para-hydroxylation sites is 1. The van der Waals surface area contributed by atoms with Crippen LogP contribution < -0.4 is 10.6 Å². The van der Waals surface area contributed by atoms with Gasteiger partial charge in [-0.3, -0.25) is 19.3 Å². The van der Waals surface area contributed by atoms with Gasteiger partial charge < -0.3 is 15.5 Å². The van der Waals surface area contributed by atoms with E-state index in [1.807, 2.05) is 35.2 Å². The minimum Gasteiger partial charge on any atom is -0.370 e. The van der Waals surface area contributed by atoms with Crippen molar-refractivity contribution >= 4 is 35.0 Å². The molecule has 2 aromatic carbocycles. The van der Waals surface area contributed by atoms with Crippen LogP contribution in [0.2, 0.25) is 5.02 Å². The zero-order valence-electron chi connectivity index (χ0n) is 17.0. The highest BCUT2D eigenvalue weighted by atomic mass is 35.5. The molecule has 1 fully saturated rings. The minimum absolute atomic E-state index is 0.0708. The molecule has 0 saturated carbocycles. The Morgan fingerprint density at radius 3 is 2.32 bits per heavy atom. The smallest absolute Gasteiger partial charge is 0.255 e. The molecule has 0 aliphatic carbocycles. The standard InChI is InChI=1S/C22H24ClFN4O3/c23-19-14-16(24)6-7-18(19)22(31)27-12-10-26(11-13-27)15-21(30)28(9-8-20(25)29)17-4-2-1-3-5-17/h1-7,14H,8-13,15H2,(H2,25,29). The zero-order chi connectivity index (χ0) is 22.4. The summed E-state index contributed by atoms with van der Waals surface area (Å²) in [5.74, 6) is -1.37.